The molecule has 2 amide bonds. The molecule has 1 aromatic rings. The van der Waals surface area contributed by atoms with Crippen molar-refractivity contribution in [3.63, 3.8) is 0 Å². The molecule has 0 aliphatic carbocycles. The summed E-state index contributed by atoms with van der Waals surface area (Å²) in [5.41, 5.74) is 1.27. The van der Waals surface area contributed by atoms with Gasteiger partial charge in [-0.1, -0.05) is 25.1 Å². The van der Waals surface area contributed by atoms with Crippen LogP contribution in [0.4, 0.5) is 10.5 Å². The van der Waals surface area contributed by atoms with E-state index in [1.165, 1.54) is 5.69 Å². The molecule has 132 valence electrons. The van der Waals surface area contributed by atoms with Crippen LogP contribution in [0.25, 0.3) is 0 Å². The molecule has 1 aromatic carbocycles. The molecule has 0 spiro atoms. The van der Waals surface area contributed by atoms with Gasteiger partial charge >= 0.3 is 6.03 Å². The first-order valence-corrected chi connectivity index (χ1v) is 9.05. The highest BCUT2D eigenvalue weighted by molar-refractivity contribution is 5.74. The number of methoxy groups -OCH3 is 1. The lowest BCUT2D eigenvalue weighted by atomic mass is 9.96. The smallest absolute Gasteiger partial charge is 0.317 e. The van der Waals surface area contributed by atoms with Crippen LogP contribution in [0.2, 0.25) is 0 Å². The van der Waals surface area contributed by atoms with Gasteiger partial charge < -0.3 is 19.9 Å². The van der Waals surface area contributed by atoms with E-state index in [2.05, 4.69) is 41.4 Å². The molecular formula is C19H29N3O2. The molecule has 2 saturated heterocycles. The van der Waals surface area contributed by atoms with E-state index in [9.17, 15) is 4.79 Å². The molecule has 2 fully saturated rings. The number of nitrogens with zero attached hydrogens (tertiary/aromatic N) is 2. The molecule has 0 saturated carbocycles. The number of likely N-dealkylation sites (tertiary alicyclic amines) is 1. The van der Waals surface area contributed by atoms with Crippen LogP contribution in [0, 0.1) is 5.92 Å². The quantitative estimate of drug-likeness (QED) is 0.926. The molecule has 2 aliphatic rings. The number of amides is 2. The van der Waals surface area contributed by atoms with E-state index in [4.69, 9.17) is 4.74 Å². The maximum absolute atomic E-state index is 12.5. The molecule has 2 aliphatic heterocycles. The predicted octanol–water partition coefficient (Wildman–Crippen LogP) is 2.72. The van der Waals surface area contributed by atoms with E-state index in [1.807, 2.05) is 11.0 Å². The van der Waals surface area contributed by atoms with Gasteiger partial charge in [-0.3, -0.25) is 0 Å². The van der Waals surface area contributed by atoms with Gasteiger partial charge in [0.15, 0.2) is 0 Å². The summed E-state index contributed by atoms with van der Waals surface area (Å²) in [5, 5.41) is 3.22. The second kappa shape index (κ2) is 7.88. The monoisotopic (exact) mass is 331 g/mol. The molecule has 5 nitrogen and oxygen atoms in total. The van der Waals surface area contributed by atoms with Gasteiger partial charge in [0.2, 0.25) is 0 Å². The van der Waals surface area contributed by atoms with Crippen LogP contribution in [-0.2, 0) is 4.74 Å². The summed E-state index contributed by atoms with van der Waals surface area (Å²) >= 11 is 0. The molecule has 2 atom stereocenters. The molecule has 5 heteroatoms. The van der Waals surface area contributed by atoms with Gasteiger partial charge in [0.05, 0.1) is 6.10 Å². The third-order valence-corrected chi connectivity index (χ3v) is 5.42. The van der Waals surface area contributed by atoms with Crippen molar-refractivity contribution >= 4 is 11.7 Å². The Bertz CT molecular complexity index is 529. The highest BCUT2D eigenvalue weighted by Crippen LogP contribution is 2.21. The zero-order valence-electron chi connectivity index (χ0n) is 14.8. The standard InChI is InChI=1S/C19H29N3O2/c1-15-8-11-22(14-18(15)24-2)19(23)20-16-9-12-21(13-10-16)17-6-4-3-5-7-17/h3-7,15-16,18H,8-14H2,1-2H3,(H,20,23)/t15-,18+/m1/s1. The number of benzene rings is 1. The van der Waals surface area contributed by atoms with E-state index in [-0.39, 0.29) is 18.2 Å². The summed E-state index contributed by atoms with van der Waals surface area (Å²) in [4.78, 5) is 16.8. The van der Waals surface area contributed by atoms with Crippen LogP contribution in [0.15, 0.2) is 30.3 Å². The number of ether oxygens (including phenoxy) is 1. The fraction of sp³-hybridized carbons (Fsp3) is 0.632. The second-order valence-corrected chi connectivity index (χ2v) is 7.03. The first kappa shape index (κ1) is 17.1. The van der Waals surface area contributed by atoms with Gasteiger partial charge in [-0.2, -0.15) is 0 Å². The lowest BCUT2D eigenvalue weighted by molar-refractivity contribution is 0.00674. The number of urea groups is 1. The van der Waals surface area contributed by atoms with E-state index in [1.54, 1.807) is 7.11 Å². The third kappa shape index (κ3) is 4.01. The zero-order valence-corrected chi connectivity index (χ0v) is 14.8. The summed E-state index contributed by atoms with van der Waals surface area (Å²) in [7, 11) is 1.74. The third-order valence-electron chi connectivity index (χ3n) is 5.42. The fourth-order valence-corrected chi connectivity index (χ4v) is 3.71. The van der Waals surface area contributed by atoms with Crippen molar-refractivity contribution in [2.75, 3.05) is 38.2 Å². The number of piperidine rings is 2. The minimum atomic E-state index is 0.0714. The van der Waals surface area contributed by atoms with Gasteiger partial charge in [-0.25, -0.2) is 4.79 Å². The Balaban J connectivity index is 1.47. The Morgan fingerprint density at radius 2 is 1.83 bits per heavy atom. The second-order valence-electron chi connectivity index (χ2n) is 7.03. The van der Waals surface area contributed by atoms with Gasteiger partial charge in [-0.15, -0.1) is 0 Å². The molecule has 1 N–H and O–H groups in total. The van der Waals surface area contributed by atoms with Crippen molar-refractivity contribution in [1.82, 2.24) is 10.2 Å². The van der Waals surface area contributed by atoms with Gasteiger partial charge in [-0.05, 0) is 37.3 Å². The number of rotatable bonds is 3. The largest absolute Gasteiger partial charge is 0.379 e. The summed E-state index contributed by atoms with van der Waals surface area (Å²) < 4.78 is 5.51. The van der Waals surface area contributed by atoms with Crippen molar-refractivity contribution in [3.8, 4) is 0 Å². The molecule has 3 rings (SSSR count). The van der Waals surface area contributed by atoms with Gasteiger partial charge in [0, 0.05) is 45.0 Å². The Hall–Kier alpha value is -1.75. The summed E-state index contributed by atoms with van der Waals surface area (Å²) in [6.07, 6.45) is 3.17. The number of carbonyl (C=O) groups excluding carboxylic acids is 1. The van der Waals surface area contributed by atoms with Crippen molar-refractivity contribution < 1.29 is 9.53 Å². The summed E-state index contributed by atoms with van der Waals surface area (Å²) in [5.74, 6) is 0.521. The van der Waals surface area contributed by atoms with Gasteiger partial charge in [0.1, 0.15) is 0 Å². The number of anilines is 1. The highest BCUT2D eigenvalue weighted by atomic mass is 16.5. The molecule has 0 aromatic heterocycles. The summed E-state index contributed by atoms with van der Waals surface area (Å²) in [6.45, 7) is 5.71. The number of carbonyl (C=O) groups is 1. The Morgan fingerprint density at radius 3 is 2.50 bits per heavy atom. The average Bonchev–Trinajstić information content (AvgIpc) is 2.63. The van der Waals surface area contributed by atoms with Crippen LogP contribution < -0.4 is 10.2 Å². The van der Waals surface area contributed by atoms with Crippen LogP contribution in [0.3, 0.4) is 0 Å². The molecular weight excluding hydrogens is 302 g/mol. The average molecular weight is 331 g/mol. The van der Waals surface area contributed by atoms with Crippen molar-refractivity contribution in [3.05, 3.63) is 30.3 Å². The van der Waals surface area contributed by atoms with Crippen LogP contribution in [0.5, 0.6) is 0 Å². The Kier molecular flexibility index (Phi) is 5.61. The maximum Gasteiger partial charge on any atom is 0.317 e. The van der Waals surface area contributed by atoms with Crippen molar-refractivity contribution in [1.29, 1.82) is 0 Å². The van der Waals surface area contributed by atoms with Crippen LogP contribution in [0.1, 0.15) is 26.2 Å². The first-order chi connectivity index (χ1) is 11.7. The minimum absolute atomic E-state index is 0.0714. The zero-order chi connectivity index (χ0) is 16.9. The number of para-hydroxylation sites is 1. The normalized spacial score (nSPS) is 25.6. The summed E-state index contributed by atoms with van der Waals surface area (Å²) in [6, 6.07) is 10.8. The number of hydrogen-bond acceptors (Lipinski definition) is 3. The maximum atomic E-state index is 12.5. The molecule has 0 bridgehead atoms. The predicted molar refractivity (Wildman–Crippen MR) is 96.4 cm³/mol. The molecule has 0 radical (unpaired) electrons. The molecule has 2 heterocycles. The topological polar surface area (TPSA) is 44.8 Å². The van der Waals surface area contributed by atoms with E-state index in [0.29, 0.717) is 12.5 Å². The number of nitrogens with one attached hydrogen (secondary N) is 1. The lowest BCUT2D eigenvalue weighted by Crippen LogP contribution is -2.54. The van der Waals surface area contributed by atoms with Crippen molar-refractivity contribution in [2.24, 2.45) is 5.92 Å². The first-order valence-electron chi connectivity index (χ1n) is 9.05. The minimum Gasteiger partial charge on any atom is -0.379 e. The van der Waals surface area contributed by atoms with E-state index in [0.717, 1.165) is 38.9 Å². The molecule has 24 heavy (non-hydrogen) atoms. The van der Waals surface area contributed by atoms with Crippen LogP contribution in [-0.4, -0.2) is 56.4 Å². The highest BCUT2D eigenvalue weighted by Gasteiger charge is 2.30. The molecule has 0 unspecified atom stereocenters. The fourth-order valence-electron chi connectivity index (χ4n) is 3.71. The number of hydrogen-bond donors (Lipinski definition) is 1. The SMILES string of the molecule is CO[C@H]1CN(C(=O)NC2CCN(c3ccccc3)CC2)CC[C@H]1C. The lowest BCUT2D eigenvalue weighted by Gasteiger charge is -2.38. The Morgan fingerprint density at radius 1 is 1.12 bits per heavy atom. The van der Waals surface area contributed by atoms with Gasteiger partial charge in [0.25, 0.3) is 0 Å². The van der Waals surface area contributed by atoms with Crippen LogP contribution >= 0.6 is 0 Å². The Labute approximate surface area is 145 Å². The van der Waals surface area contributed by atoms with E-state index < -0.39 is 0 Å². The van der Waals surface area contributed by atoms with E-state index >= 15 is 0 Å². The van der Waals surface area contributed by atoms with Crippen molar-refractivity contribution in [2.45, 2.75) is 38.3 Å².